The van der Waals surface area contributed by atoms with Crippen LogP contribution in [-0.4, -0.2) is 48.5 Å². The van der Waals surface area contributed by atoms with Crippen molar-refractivity contribution < 1.29 is 4.79 Å². The summed E-state index contributed by atoms with van der Waals surface area (Å²) in [6.45, 7) is 9.85. The number of amides is 1. The lowest BCUT2D eigenvalue weighted by Crippen LogP contribution is -2.34. The number of piperidine rings is 1. The minimum absolute atomic E-state index is 0.145. The van der Waals surface area contributed by atoms with Crippen LogP contribution >= 0.6 is 11.8 Å². The van der Waals surface area contributed by atoms with Crippen LogP contribution in [0.2, 0.25) is 0 Å². The maximum absolute atomic E-state index is 12.5. The Kier molecular flexibility index (Phi) is 7.41. The molecule has 26 heavy (non-hydrogen) atoms. The molecule has 1 aromatic carbocycles. The van der Waals surface area contributed by atoms with E-state index in [1.54, 1.807) is 0 Å². The van der Waals surface area contributed by atoms with Crippen molar-refractivity contribution in [3.05, 3.63) is 29.3 Å². The lowest BCUT2D eigenvalue weighted by atomic mass is 9.85. The molecule has 2 heterocycles. The molecule has 1 amide bonds. The minimum atomic E-state index is 0.145. The fourth-order valence-electron chi connectivity index (χ4n) is 4.01. The van der Waals surface area contributed by atoms with Crippen LogP contribution in [-0.2, 0) is 11.3 Å². The Morgan fingerprint density at radius 3 is 2.88 bits per heavy atom. The van der Waals surface area contributed by atoms with Gasteiger partial charge in [-0.15, -0.1) is 0 Å². The maximum atomic E-state index is 12.5. The van der Waals surface area contributed by atoms with Crippen molar-refractivity contribution in [1.82, 2.24) is 10.2 Å². The van der Waals surface area contributed by atoms with Crippen LogP contribution < -0.4 is 10.6 Å². The van der Waals surface area contributed by atoms with Gasteiger partial charge in [-0.1, -0.05) is 19.1 Å². The SMILES string of the molecule is Cc1cc(CN2CCSCC2)ccc1NC(=O)CC(C)C1CCCNC1. The molecule has 0 bridgehead atoms. The van der Waals surface area contributed by atoms with Gasteiger partial charge in [-0.2, -0.15) is 11.8 Å². The van der Waals surface area contributed by atoms with Gasteiger partial charge in [0.05, 0.1) is 0 Å². The van der Waals surface area contributed by atoms with Gasteiger partial charge in [-0.05, 0) is 61.9 Å². The molecule has 1 aromatic rings. The molecule has 0 aliphatic carbocycles. The van der Waals surface area contributed by atoms with Gasteiger partial charge in [0.2, 0.25) is 5.91 Å². The van der Waals surface area contributed by atoms with E-state index in [2.05, 4.69) is 47.6 Å². The zero-order chi connectivity index (χ0) is 18.4. The van der Waals surface area contributed by atoms with Crippen LogP contribution in [0.5, 0.6) is 0 Å². The van der Waals surface area contributed by atoms with Crippen molar-refractivity contribution in [2.75, 3.05) is 43.0 Å². The van der Waals surface area contributed by atoms with Gasteiger partial charge in [0.15, 0.2) is 0 Å². The van der Waals surface area contributed by atoms with Crippen LogP contribution in [0.3, 0.4) is 0 Å². The van der Waals surface area contributed by atoms with E-state index in [1.165, 1.54) is 43.0 Å². The number of aryl methyl sites for hydroxylation is 1. The molecule has 3 rings (SSSR count). The first-order chi connectivity index (χ1) is 12.6. The summed E-state index contributed by atoms with van der Waals surface area (Å²) < 4.78 is 0. The number of nitrogens with zero attached hydrogens (tertiary/aromatic N) is 1. The molecule has 2 fully saturated rings. The van der Waals surface area contributed by atoms with Crippen molar-refractivity contribution in [3.63, 3.8) is 0 Å². The monoisotopic (exact) mass is 375 g/mol. The zero-order valence-electron chi connectivity index (χ0n) is 16.2. The second-order valence-electron chi connectivity index (χ2n) is 7.87. The summed E-state index contributed by atoms with van der Waals surface area (Å²) in [6.07, 6.45) is 3.08. The Labute approximate surface area is 162 Å². The summed E-state index contributed by atoms with van der Waals surface area (Å²) in [4.78, 5) is 15.0. The molecule has 2 N–H and O–H groups in total. The first-order valence-corrected chi connectivity index (χ1v) is 11.2. The molecule has 144 valence electrons. The van der Waals surface area contributed by atoms with Crippen molar-refractivity contribution in [2.24, 2.45) is 11.8 Å². The molecule has 2 unspecified atom stereocenters. The normalized spacial score (nSPS) is 22.8. The Morgan fingerprint density at radius 1 is 1.38 bits per heavy atom. The summed E-state index contributed by atoms with van der Waals surface area (Å²) in [5.74, 6) is 3.68. The first-order valence-electron chi connectivity index (χ1n) is 10.0. The number of carbonyl (C=O) groups is 1. The van der Waals surface area contributed by atoms with Crippen LogP contribution in [0, 0.1) is 18.8 Å². The van der Waals surface area contributed by atoms with E-state index in [-0.39, 0.29) is 5.91 Å². The Morgan fingerprint density at radius 2 is 2.19 bits per heavy atom. The second-order valence-corrected chi connectivity index (χ2v) is 9.10. The number of rotatable bonds is 6. The Bertz CT molecular complexity index is 595. The number of thioether (sulfide) groups is 1. The number of hydrogen-bond donors (Lipinski definition) is 2. The van der Waals surface area contributed by atoms with Crippen molar-refractivity contribution in [1.29, 1.82) is 0 Å². The van der Waals surface area contributed by atoms with Gasteiger partial charge in [0.1, 0.15) is 0 Å². The third-order valence-corrected chi connectivity index (χ3v) is 6.66. The van der Waals surface area contributed by atoms with E-state index in [9.17, 15) is 4.79 Å². The predicted octanol–water partition coefficient (Wildman–Crippen LogP) is 3.51. The molecule has 0 saturated carbocycles. The lowest BCUT2D eigenvalue weighted by molar-refractivity contribution is -0.117. The number of carbonyl (C=O) groups excluding carboxylic acids is 1. The van der Waals surface area contributed by atoms with Gasteiger partial charge < -0.3 is 10.6 Å². The third kappa shape index (κ3) is 5.73. The lowest BCUT2D eigenvalue weighted by Gasteiger charge is -2.28. The number of hydrogen-bond acceptors (Lipinski definition) is 4. The summed E-state index contributed by atoms with van der Waals surface area (Å²) in [5.41, 5.74) is 3.46. The molecule has 0 aromatic heterocycles. The van der Waals surface area contributed by atoms with Gasteiger partial charge in [-0.25, -0.2) is 0 Å². The highest BCUT2D eigenvalue weighted by Gasteiger charge is 2.22. The van der Waals surface area contributed by atoms with Gasteiger partial charge in [-0.3, -0.25) is 9.69 Å². The molecule has 4 nitrogen and oxygen atoms in total. The fourth-order valence-corrected chi connectivity index (χ4v) is 4.99. The van der Waals surface area contributed by atoms with Crippen LogP contribution in [0.15, 0.2) is 18.2 Å². The average molecular weight is 376 g/mol. The topological polar surface area (TPSA) is 44.4 Å². The average Bonchev–Trinajstić information content (AvgIpc) is 2.65. The molecule has 5 heteroatoms. The van der Waals surface area contributed by atoms with Gasteiger partial charge >= 0.3 is 0 Å². The smallest absolute Gasteiger partial charge is 0.224 e. The zero-order valence-corrected chi connectivity index (χ0v) is 17.0. The van der Waals surface area contributed by atoms with E-state index in [0.717, 1.165) is 30.9 Å². The molecular weight excluding hydrogens is 342 g/mol. The molecule has 2 aliphatic rings. The van der Waals surface area contributed by atoms with Crippen LogP contribution in [0.1, 0.15) is 37.3 Å². The predicted molar refractivity (Wildman–Crippen MR) is 112 cm³/mol. The first kappa shape index (κ1) is 19.7. The summed E-state index contributed by atoms with van der Waals surface area (Å²) in [5, 5.41) is 6.59. The van der Waals surface area contributed by atoms with E-state index in [0.29, 0.717) is 18.3 Å². The largest absolute Gasteiger partial charge is 0.326 e. The highest BCUT2D eigenvalue weighted by Crippen LogP contribution is 2.24. The standard InChI is InChI=1S/C21H33N3OS/c1-16(19-4-3-7-22-14-19)13-21(25)23-20-6-5-18(12-17(20)2)15-24-8-10-26-11-9-24/h5-6,12,16,19,22H,3-4,7-11,13-15H2,1-2H3,(H,23,25). The Balaban J connectivity index is 1.51. The molecule has 2 saturated heterocycles. The Hall–Kier alpha value is -1.04. The van der Waals surface area contributed by atoms with Crippen LogP contribution in [0.25, 0.3) is 0 Å². The fraction of sp³-hybridized carbons (Fsp3) is 0.667. The van der Waals surface area contributed by atoms with E-state index in [4.69, 9.17) is 0 Å². The molecule has 0 spiro atoms. The van der Waals surface area contributed by atoms with Gasteiger partial charge in [0.25, 0.3) is 0 Å². The number of benzene rings is 1. The molecule has 0 radical (unpaired) electrons. The van der Waals surface area contributed by atoms with Crippen LogP contribution in [0.4, 0.5) is 5.69 Å². The quantitative estimate of drug-likeness (QED) is 0.799. The highest BCUT2D eigenvalue weighted by molar-refractivity contribution is 7.99. The second kappa shape index (κ2) is 9.77. The third-order valence-electron chi connectivity index (χ3n) is 5.72. The maximum Gasteiger partial charge on any atom is 0.224 e. The summed E-state index contributed by atoms with van der Waals surface area (Å²) >= 11 is 2.04. The van der Waals surface area contributed by atoms with E-state index < -0.39 is 0 Å². The van der Waals surface area contributed by atoms with E-state index >= 15 is 0 Å². The number of anilines is 1. The minimum Gasteiger partial charge on any atom is -0.326 e. The van der Waals surface area contributed by atoms with Crippen molar-refractivity contribution in [3.8, 4) is 0 Å². The van der Waals surface area contributed by atoms with Crippen molar-refractivity contribution in [2.45, 2.75) is 39.7 Å². The summed E-state index contributed by atoms with van der Waals surface area (Å²) in [7, 11) is 0. The summed E-state index contributed by atoms with van der Waals surface area (Å²) in [6, 6.07) is 6.47. The van der Waals surface area contributed by atoms with Gasteiger partial charge in [0, 0.05) is 43.2 Å². The molecular formula is C21H33N3OS. The number of nitrogens with one attached hydrogen (secondary N) is 2. The molecule has 2 atom stereocenters. The van der Waals surface area contributed by atoms with E-state index in [1.807, 2.05) is 11.8 Å². The molecule has 2 aliphatic heterocycles. The van der Waals surface area contributed by atoms with Crippen molar-refractivity contribution >= 4 is 23.4 Å². The highest BCUT2D eigenvalue weighted by atomic mass is 32.2.